The van der Waals surface area contributed by atoms with Crippen molar-refractivity contribution in [2.45, 2.75) is 6.61 Å². The number of ketones is 1. The van der Waals surface area contributed by atoms with Gasteiger partial charge < -0.3 is 18.9 Å². The van der Waals surface area contributed by atoms with Crippen molar-refractivity contribution in [2.75, 3.05) is 21.3 Å². The third-order valence-electron chi connectivity index (χ3n) is 3.81. The van der Waals surface area contributed by atoms with Crippen molar-refractivity contribution in [3.05, 3.63) is 57.6 Å². The molecule has 0 aliphatic carbocycles. The Labute approximate surface area is 164 Å². The number of nitrogens with zero attached hydrogens (tertiary/aromatic N) is 1. The number of ether oxygens (including phenoxy) is 4. The fourth-order valence-corrected chi connectivity index (χ4v) is 2.45. The van der Waals surface area contributed by atoms with E-state index in [2.05, 4.69) is 4.74 Å². The number of carbonyl (C=O) groups excluding carboxylic acids is 1. The van der Waals surface area contributed by atoms with Crippen LogP contribution >= 0.6 is 0 Å². The first-order valence-electron chi connectivity index (χ1n) is 8.06. The van der Waals surface area contributed by atoms with Crippen LogP contribution in [0.25, 0.3) is 6.08 Å². The number of allylic oxidation sites excluding steroid dienone is 1. The van der Waals surface area contributed by atoms with Crippen molar-refractivity contribution < 1.29 is 37.4 Å². The third-order valence-corrected chi connectivity index (χ3v) is 3.81. The van der Waals surface area contributed by atoms with Crippen LogP contribution < -0.4 is 18.9 Å². The van der Waals surface area contributed by atoms with E-state index < -0.39 is 17.3 Å². The molecule has 2 aromatic carbocycles. The summed E-state index contributed by atoms with van der Waals surface area (Å²) in [7, 11) is 3.96. The van der Waals surface area contributed by atoms with E-state index in [9.17, 15) is 23.7 Å². The number of alkyl halides is 2. The Bertz CT molecular complexity index is 944. The summed E-state index contributed by atoms with van der Waals surface area (Å²) in [5, 5.41) is 11.3. The largest absolute Gasteiger partial charge is 0.493 e. The lowest BCUT2D eigenvalue weighted by Gasteiger charge is -2.10. The summed E-state index contributed by atoms with van der Waals surface area (Å²) in [4.78, 5) is 23.1. The fourth-order valence-electron chi connectivity index (χ4n) is 2.45. The number of hydrogen-bond donors (Lipinski definition) is 0. The molecule has 0 unspecified atom stereocenters. The van der Waals surface area contributed by atoms with Crippen molar-refractivity contribution in [3.8, 4) is 23.0 Å². The van der Waals surface area contributed by atoms with E-state index in [0.29, 0.717) is 0 Å². The number of nitro groups is 1. The maximum Gasteiger partial charge on any atom is 0.387 e. The van der Waals surface area contributed by atoms with Crippen LogP contribution in [0, 0.1) is 10.1 Å². The molecule has 0 N–H and O–H groups in total. The zero-order valence-electron chi connectivity index (χ0n) is 15.7. The summed E-state index contributed by atoms with van der Waals surface area (Å²) in [6, 6.07) is 6.22. The summed E-state index contributed by atoms with van der Waals surface area (Å²) in [5.74, 6) is -0.390. The van der Waals surface area contributed by atoms with E-state index in [-0.39, 0.29) is 39.8 Å². The number of carbonyl (C=O) groups is 1. The number of rotatable bonds is 9. The number of methoxy groups -OCH3 is 3. The van der Waals surface area contributed by atoms with E-state index in [1.165, 1.54) is 57.7 Å². The average Bonchev–Trinajstić information content (AvgIpc) is 2.70. The van der Waals surface area contributed by atoms with Crippen LogP contribution in [0.1, 0.15) is 15.9 Å². The second kappa shape index (κ2) is 9.49. The molecule has 10 heteroatoms. The summed E-state index contributed by atoms with van der Waals surface area (Å²) in [5.41, 5.74) is -0.0570. The lowest BCUT2D eigenvalue weighted by molar-refractivity contribution is -0.385. The Hall–Kier alpha value is -3.69. The molecule has 0 spiro atoms. The number of halogens is 2. The van der Waals surface area contributed by atoms with Crippen LogP contribution in [0.2, 0.25) is 0 Å². The molecule has 154 valence electrons. The first-order chi connectivity index (χ1) is 13.8. The van der Waals surface area contributed by atoms with E-state index in [1.54, 1.807) is 0 Å². The van der Waals surface area contributed by atoms with Crippen LogP contribution in [-0.2, 0) is 0 Å². The molecule has 0 bridgehead atoms. The zero-order chi connectivity index (χ0) is 21.6. The van der Waals surface area contributed by atoms with Gasteiger partial charge in [0.05, 0.1) is 37.9 Å². The minimum absolute atomic E-state index is 0.0540. The minimum Gasteiger partial charge on any atom is -0.493 e. The highest BCUT2D eigenvalue weighted by Gasteiger charge is 2.18. The van der Waals surface area contributed by atoms with Gasteiger partial charge in [0.15, 0.2) is 28.8 Å². The van der Waals surface area contributed by atoms with Crippen molar-refractivity contribution in [3.63, 3.8) is 0 Å². The molecule has 0 fully saturated rings. The first kappa shape index (κ1) is 21.6. The topological polar surface area (TPSA) is 97.1 Å². The van der Waals surface area contributed by atoms with Gasteiger partial charge in [-0.3, -0.25) is 14.9 Å². The summed E-state index contributed by atoms with van der Waals surface area (Å²) >= 11 is 0. The molecule has 29 heavy (non-hydrogen) atoms. The van der Waals surface area contributed by atoms with E-state index in [1.807, 2.05) is 0 Å². The number of nitro benzene ring substituents is 1. The van der Waals surface area contributed by atoms with Crippen LogP contribution in [-0.4, -0.2) is 38.6 Å². The second-order valence-corrected chi connectivity index (χ2v) is 5.46. The van der Waals surface area contributed by atoms with Crippen molar-refractivity contribution >= 4 is 17.5 Å². The molecule has 8 nitrogen and oxygen atoms in total. The van der Waals surface area contributed by atoms with Gasteiger partial charge in [0.25, 0.3) is 5.69 Å². The minimum atomic E-state index is -3.05. The standard InChI is InChI=1S/C19H17F2NO7/c1-26-16-9-12(5-7-15(16)29-19(20)21)14(23)6-4-11-8-17(27-2)18(28-3)10-13(11)22(24)25/h4-10,19H,1-3H3/b6-4+. The first-order valence-corrected chi connectivity index (χ1v) is 8.06. The molecule has 0 aliphatic rings. The van der Waals surface area contributed by atoms with Gasteiger partial charge in [-0.2, -0.15) is 8.78 Å². The molecule has 0 saturated carbocycles. The van der Waals surface area contributed by atoms with E-state index in [4.69, 9.17) is 14.2 Å². The van der Waals surface area contributed by atoms with Crippen LogP contribution in [0.5, 0.6) is 23.0 Å². The summed E-state index contributed by atoms with van der Waals surface area (Å²) in [6.07, 6.45) is 2.36. The van der Waals surface area contributed by atoms with Gasteiger partial charge in [0, 0.05) is 5.56 Å². The molecule has 0 radical (unpaired) electrons. The van der Waals surface area contributed by atoms with E-state index in [0.717, 1.165) is 6.08 Å². The third kappa shape index (κ3) is 5.18. The van der Waals surface area contributed by atoms with Crippen molar-refractivity contribution in [1.82, 2.24) is 0 Å². The molecule has 0 amide bonds. The molecular weight excluding hydrogens is 392 g/mol. The Morgan fingerprint density at radius 3 is 2.14 bits per heavy atom. The SMILES string of the molecule is COc1cc(/C=C/C(=O)c2ccc(OC(F)F)c(OC)c2)c([N+](=O)[O-])cc1OC. The molecule has 0 saturated heterocycles. The van der Waals surface area contributed by atoms with Gasteiger partial charge in [0.2, 0.25) is 0 Å². The highest BCUT2D eigenvalue weighted by atomic mass is 19.3. The van der Waals surface area contributed by atoms with Gasteiger partial charge >= 0.3 is 6.61 Å². The maximum atomic E-state index is 12.4. The number of hydrogen-bond acceptors (Lipinski definition) is 7. The van der Waals surface area contributed by atoms with Gasteiger partial charge in [-0.05, 0) is 36.4 Å². The highest BCUT2D eigenvalue weighted by molar-refractivity contribution is 6.07. The molecule has 0 aliphatic heterocycles. The summed E-state index contributed by atoms with van der Waals surface area (Å²) in [6.45, 7) is -3.05. The Balaban J connectivity index is 2.36. The van der Waals surface area contributed by atoms with Crippen LogP contribution in [0.15, 0.2) is 36.4 Å². The molecular formula is C19H17F2NO7. The number of benzene rings is 2. The molecule has 0 aromatic heterocycles. The quantitative estimate of drug-likeness (QED) is 0.266. The van der Waals surface area contributed by atoms with Gasteiger partial charge in [-0.25, -0.2) is 0 Å². The van der Waals surface area contributed by atoms with Crippen molar-refractivity contribution in [2.24, 2.45) is 0 Å². The van der Waals surface area contributed by atoms with Gasteiger partial charge in [-0.1, -0.05) is 0 Å². The maximum absolute atomic E-state index is 12.4. The molecule has 0 atom stereocenters. The van der Waals surface area contributed by atoms with E-state index >= 15 is 0 Å². The predicted octanol–water partition coefficient (Wildman–Crippen LogP) is 4.12. The lowest BCUT2D eigenvalue weighted by atomic mass is 10.1. The van der Waals surface area contributed by atoms with Gasteiger partial charge in [-0.15, -0.1) is 0 Å². The zero-order valence-corrected chi connectivity index (χ0v) is 15.7. The van der Waals surface area contributed by atoms with Gasteiger partial charge in [0.1, 0.15) is 0 Å². The monoisotopic (exact) mass is 409 g/mol. The summed E-state index contributed by atoms with van der Waals surface area (Å²) < 4.78 is 44.2. The average molecular weight is 409 g/mol. The molecule has 2 rings (SSSR count). The highest BCUT2D eigenvalue weighted by Crippen LogP contribution is 2.35. The smallest absolute Gasteiger partial charge is 0.387 e. The molecule has 2 aromatic rings. The molecule has 0 heterocycles. The Morgan fingerprint density at radius 1 is 1.00 bits per heavy atom. The van der Waals surface area contributed by atoms with Crippen LogP contribution in [0.3, 0.4) is 0 Å². The second-order valence-electron chi connectivity index (χ2n) is 5.46. The lowest BCUT2D eigenvalue weighted by Crippen LogP contribution is -2.04. The fraction of sp³-hybridized carbons (Fsp3) is 0.211. The van der Waals surface area contributed by atoms with Crippen LogP contribution in [0.4, 0.5) is 14.5 Å². The Morgan fingerprint density at radius 2 is 1.59 bits per heavy atom. The van der Waals surface area contributed by atoms with Crippen molar-refractivity contribution in [1.29, 1.82) is 0 Å². The normalized spacial score (nSPS) is 10.8. The predicted molar refractivity (Wildman–Crippen MR) is 99.2 cm³/mol. The Kier molecular flexibility index (Phi) is 7.07.